The first-order valence-corrected chi connectivity index (χ1v) is 5.07. The van der Waals surface area contributed by atoms with Crippen LogP contribution in [0.5, 0.6) is 0 Å². The third-order valence-corrected chi connectivity index (χ3v) is 3.19. The van der Waals surface area contributed by atoms with Gasteiger partial charge in [-0.3, -0.25) is 4.68 Å². The topological polar surface area (TPSA) is 30.7 Å². The van der Waals surface area contributed by atoms with Gasteiger partial charge in [0.25, 0.3) is 0 Å². The molecule has 0 fully saturated rings. The highest BCUT2D eigenvalue weighted by atomic mass is 79.9. The molecule has 0 bridgehead atoms. The molecular weight excluding hydrogens is 218 g/mol. The maximum atomic E-state index is 4.04. The first kappa shape index (κ1) is 9.71. The van der Waals surface area contributed by atoms with E-state index < -0.39 is 0 Å². The standard InChI is InChI=1S/C8H14BrN3/c1-8(2,6-9)4-7-5-12(3)11-10-7/h5H,4,6H2,1-3H3. The van der Waals surface area contributed by atoms with Gasteiger partial charge >= 0.3 is 0 Å². The molecule has 1 heterocycles. The lowest BCUT2D eigenvalue weighted by molar-refractivity contribution is 0.419. The van der Waals surface area contributed by atoms with Crippen molar-refractivity contribution in [3.05, 3.63) is 11.9 Å². The van der Waals surface area contributed by atoms with Gasteiger partial charge in [0.2, 0.25) is 0 Å². The van der Waals surface area contributed by atoms with E-state index >= 15 is 0 Å². The Hall–Kier alpha value is -0.380. The van der Waals surface area contributed by atoms with Crippen molar-refractivity contribution in [1.82, 2.24) is 15.0 Å². The fraction of sp³-hybridized carbons (Fsp3) is 0.750. The van der Waals surface area contributed by atoms with Crippen LogP contribution in [0.4, 0.5) is 0 Å². The first-order valence-electron chi connectivity index (χ1n) is 3.95. The minimum Gasteiger partial charge on any atom is -0.255 e. The van der Waals surface area contributed by atoms with Crippen LogP contribution in [0, 0.1) is 5.41 Å². The van der Waals surface area contributed by atoms with Crippen LogP contribution in [0.25, 0.3) is 0 Å². The second-order valence-corrected chi connectivity index (χ2v) is 4.42. The molecule has 1 rings (SSSR count). The highest BCUT2D eigenvalue weighted by Gasteiger charge is 2.18. The number of rotatable bonds is 3. The number of hydrogen-bond donors (Lipinski definition) is 0. The van der Waals surface area contributed by atoms with E-state index in [1.165, 1.54) is 0 Å². The highest BCUT2D eigenvalue weighted by Crippen LogP contribution is 2.22. The van der Waals surface area contributed by atoms with Gasteiger partial charge in [-0.1, -0.05) is 35.0 Å². The predicted octanol–water partition coefficient (Wildman–Crippen LogP) is 1.78. The summed E-state index contributed by atoms with van der Waals surface area (Å²) >= 11 is 3.48. The number of nitrogens with zero attached hydrogens (tertiary/aromatic N) is 3. The molecule has 0 aromatic carbocycles. The van der Waals surface area contributed by atoms with E-state index in [-0.39, 0.29) is 5.41 Å². The van der Waals surface area contributed by atoms with Crippen LogP contribution in [0.1, 0.15) is 19.5 Å². The molecule has 0 amide bonds. The number of aromatic nitrogens is 3. The Kier molecular flexibility index (Phi) is 2.88. The summed E-state index contributed by atoms with van der Waals surface area (Å²) in [6.45, 7) is 4.41. The maximum absolute atomic E-state index is 4.04. The molecule has 0 aliphatic rings. The summed E-state index contributed by atoms with van der Waals surface area (Å²) in [7, 11) is 1.89. The highest BCUT2D eigenvalue weighted by molar-refractivity contribution is 9.09. The normalized spacial score (nSPS) is 12.0. The van der Waals surface area contributed by atoms with Gasteiger partial charge in [0, 0.05) is 18.6 Å². The minimum absolute atomic E-state index is 0.260. The molecule has 0 atom stereocenters. The molecular formula is C8H14BrN3. The van der Waals surface area contributed by atoms with E-state index in [1.54, 1.807) is 4.68 Å². The van der Waals surface area contributed by atoms with Crippen LogP contribution in [0.2, 0.25) is 0 Å². The van der Waals surface area contributed by atoms with Crippen molar-refractivity contribution in [2.45, 2.75) is 20.3 Å². The van der Waals surface area contributed by atoms with Crippen molar-refractivity contribution in [2.75, 3.05) is 5.33 Å². The van der Waals surface area contributed by atoms with Crippen LogP contribution < -0.4 is 0 Å². The third kappa shape index (κ3) is 2.59. The summed E-state index contributed by atoms with van der Waals surface area (Å²) in [4.78, 5) is 0. The van der Waals surface area contributed by atoms with Crippen molar-refractivity contribution in [3.8, 4) is 0 Å². The second kappa shape index (κ2) is 3.56. The molecule has 4 heteroatoms. The summed E-state index contributed by atoms with van der Waals surface area (Å²) in [5, 5.41) is 8.91. The number of aryl methyl sites for hydroxylation is 1. The van der Waals surface area contributed by atoms with E-state index in [4.69, 9.17) is 0 Å². The van der Waals surface area contributed by atoms with E-state index in [0.29, 0.717) is 0 Å². The Morgan fingerprint density at radius 3 is 2.67 bits per heavy atom. The second-order valence-electron chi connectivity index (χ2n) is 3.86. The van der Waals surface area contributed by atoms with E-state index in [0.717, 1.165) is 17.4 Å². The molecule has 0 saturated carbocycles. The molecule has 3 nitrogen and oxygen atoms in total. The Morgan fingerprint density at radius 2 is 2.25 bits per heavy atom. The van der Waals surface area contributed by atoms with E-state index in [1.807, 2.05) is 13.2 Å². The molecule has 12 heavy (non-hydrogen) atoms. The maximum Gasteiger partial charge on any atom is 0.0832 e. The molecule has 0 unspecified atom stereocenters. The molecule has 0 spiro atoms. The van der Waals surface area contributed by atoms with Crippen LogP contribution in [0.3, 0.4) is 0 Å². The first-order chi connectivity index (χ1) is 5.53. The lowest BCUT2D eigenvalue weighted by atomic mass is 9.91. The van der Waals surface area contributed by atoms with Gasteiger partial charge in [0.05, 0.1) is 5.69 Å². The average Bonchev–Trinajstić information content (AvgIpc) is 2.35. The number of halogens is 1. The van der Waals surface area contributed by atoms with Gasteiger partial charge in [0.1, 0.15) is 0 Å². The van der Waals surface area contributed by atoms with Crippen LogP contribution in [-0.2, 0) is 13.5 Å². The van der Waals surface area contributed by atoms with Gasteiger partial charge in [-0.2, -0.15) is 0 Å². The minimum atomic E-state index is 0.260. The van der Waals surface area contributed by atoms with Crippen molar-refractivity contribution >= 4 is 15.9 Å². The lowest BCUT2D eigenvalue weighted by Gasteiger charge is -2.19. The van der Waals surface area contributed by atoms with Gasteiger partial charge in [0.15, 0.2) is 0 Å². The molecule has 0 aliphatic carbocycles. The molecule has 68 valence electrons. The zero-order chi connectivity index (χ0) is 9.19. The smallest absolute Gasteiger partial charge is 0.0832 e. The molecule has 0 saturated heterocycles. The monoisotopic (exact) mass is 231 g/mol. The van der Waals surface area contributed by atoms with Crippen LogP contribution in [0.15, 0.2) is 6.20 Å². The fourth-order valence-corrected chi connectivity index (χ4v) is 1.21. The van der Waals surface area contributed by atoms with Crippen LogP contribution in [-0.4, -0.2) is 20.3 Å². The molecule has 1 aromatic heterocycles. The van der Waals surface area contributed by atoms with Crippen molar-refractivity contribution in [3.63, 3.8) is 0 Å². The number of hydrogen-bond acceptors (Lipinski definition) is 2. The summed E-state index contributed by atoms with van der Waals surface area (Å²) < 4.78 is 1.74. The summed E-state index contributed by atoms with van der Waals surface area (Å²) in [5.41, 5.74) is 1.32. The average molecular weight is 232 g/mol. The van der Waals surface area contributed by atoms with E-state index in [9.17, 15) is 0 Å². The Morgan fingerprint density at radius 1 is 1.58 bits per heavy atom. The van der Waals surface area contributed by atoms with Crippen molar-refractivity contribution in [1.29, 1.82) is 0 Å². The summed E-state index contributed by atoms with van der Waals surface area (Å²) in [5.74, 6) is 0. The Bertz CT molecular complexity index is 255. The van der Waals surface area contributed by atoms with Crippen LogP contribution >= 0.6 is 15.9 Å². The molecule has 0 aliphatic heterocycles. The quantitative estimate of drug-likeness (QED) is 0.743. The third-order valence-electron chi connectivity index (χ3n) is 1.67. The molecule has 0 N–H and O–H groups in total. The van der Waals surface area contributed by atoms with Gasteiger partial charge in [-0.05, 0) is 11.8 Å². The van der Waals surface area contributed by atoms with Gasteiger partial charge < -0.3 is 0 Å². The predicted molar refractivity (Wildman–Crippen MR) is 52.3 cm³/mol. The largest absolute Gasteiger partial charge is 0.255 e. The molecule has 1 aromatic rings. The summed E-state index contributed by atoms with van der Waals surface area (Å²) in [6.07, 6.45) is 2.93. The van der Waals surface area contributed by atoms with Crippen molar-refractivity contribution in [2.24, 2.45) is 12.5 Å². The zero-order valence-electron chi connectivity index (χ0n) is 7.71. The van der Waals surface area contributed by atoms with E-state index in [2.05, 4.69) is 40.1 Å². The summed E-state index contributed by atoms with van der Waals surface area (Å²) in [6, 6.07) is 0. The van der Waals surface area contributed by atoms with Gasteiger partial charge in [-0.15, -0.1) is 5.10 Å². The van der Waals surface area contributed by atoms with Crippen molar-refractivity contribution < 1.29 is 0 Å². The van der Waals surface area contributed by atoms with Gasteiger partial charge in [-0.25, -0.2) is 0 Å². The number of alkyl halides is 1. The molecule has 0 radical (unpaired) electrons. The lowest BCUT2D eigenvalue weighted by Crippen LogP contribution is -2.16. The SMILES string of the molecule is Cn1cc(CC(C)(C)CBr)nn1. The Labute approximate surface area is 81.3 Å². The zero-order valence-corrected chi connectivity index (χ0v) is 9.30. The Balaban J connectivity index is 2.63. The fourth-order valence-electron chi connectivity index (χ4n) is 1.01.